The molecule has 0 spiro atoms. The van der Waals surface area contributed by atoms with Crippen LogP contribution in [0.5, 0.6) is 0 Å². The summed E-state index contributed by atoms with van der Waals surface area (Å²) in [6.07, 6.45) is 0.956. The van der Waals surface area contributed by atoms with E-state index in [1.54, 1.807) is 12.1 Å². The van der Waals surface area contributed by atoms with Crippen LogP contribution in [0.25, 0.3) is 0 Å². The lowest BCUT2D eigenvalue weighted by atomic mass is 10.2. The molecule has 0 bridgehead atoms. The van der Waals surface area contributed by atoms with Crippen LogP contribution in [0.3, 0.4) is 0 Å². The van der Waals surface area contributed by atoms with E-state index >= 15 is 0 Å². The van der Waals surface area contributed by atoms with Crippen LogP contribution in [0.1, 0.15) is 18.4 Å². The Balaban J connectivity index is 2.66. The molecule has 0 saturated carbocycles. The highest BCUT2D eigenvalue weighted by molar-refractivity contribution is 9.10. The third kappa shape index (κ3) is 5.06. The van der Waals surface area contributed by atoms with E-state index in [1.807, 2.05) is 13.0 Å². The molecular formula is C11H16BrNO3S. The number of aliphatic hydroxyl groups excluding tert-OH is 1. The van der Waals surface area contributed by atoms with E-state index in [0.29, 0.717) is 18.5 Å². The van der Waals surface area contributed by atoms with Crippen LogP contribution in [0.2, 0.25) is 0 Å². The van der Waals surface area contributed by atoms with Gasteiger partial charge in [0.2, 0.25) is 10.0 Å². The van der Waals surface area contributed by atoms with Crippen LogP contribution in [-0.4, -0.2) is 25.9 Å². The van der Waals surface area contributed by atoms with Gasteiger partial charge in [0.15, 0.2) is 0 Å². The van der Waals surface area contributed by atoms with Gasteiger partial charge in [-0.3, -0.25) is 4.72 Å². The highest BCUT2D eigenvalue weighted by atomic mass is 79.9. The van der Waals surface area contributed by atoms with Gasteiger partial charge in [-0.2, -0.15) is 0 Å². The average Bonchev–Trinajstić information content (AvgIpc) is 2.23. The summed E-state index contributed by atoms with van der Waals surface area (Å²) in [5, 5.41) is 8.60. The van der Waals surface area contributed by atoms with Crippen molar-refractivity contribution in [1.29, 1.82) is 0 Å². The van der Waals surface area contributed by atoms with Crippen molar-refractivity contribution in [2.24, 2.45) is 0 Å². The zero-order chi connectivity index (χ0) is 12.9. The standard InChI is InChI=1S/C11H16BrNO3S/c1-9-4-5-10(8-11(9)12)13-17(15,16)7-3-2-6-14/h4-5,8,13-14H,2-3,6-7H2,1H3. The van der Waals surface area contributed by atoms with Gasteiger partial charge in [0.25, 0.3) is 0 Å². The average molecular weight is 322 g/mol. The molecular weight excluding hydrogens is 306 g/mol. The number of anilines is 1. The molecule has 0 fully saturated rings. The summed E-state index contributed by atoms with van der Waals surface area (Å²) in [6, 6.07) is 5.30. The quantitative estimate of drug-likeness (QED) is 0.790. The van der Waals surface area contributed by atoms with Crippen LogP contribution in [0.15, 0.2) is 22.7 Å². The van der Waals surface area contributed by atoms with Crippen molar-refractivity contribution in [2.45, 2.75) is 19.8 Å². The first-order valence-corrected chi connectivity index (χ1v) is 7.76. The lowest BCUT2D eigenvalue weighted by molar-refractivity contribution is 0.287. The van der Waals surface area contributed by atoms with Gasteiger partial charge in [0.1, 0.15) is 0 Å². The van der Waals surface area contributed by atoms with Crippen molar-refractivity contribution < 1.29 is 13.5 Å². The fourth-order valence-electron chi connectivity index (χ4n) is 1.29. The van der Waals surface area contributed by atoms with E-state index < -0.39 is 10.0 Å². The number of aliphatic hydroxyl groups is 1. The second-order valence-electron chi connectivity index (χ2n) is 3.82. The molecule has 17 heavy (non-hydrogen) atoms. The molecule has 0 unspecified atom stereocenters. The third-order valence-corrected chi connectivity index (χ3v) is 4.49. The Kier molecular flexibility index (Phi) is 5.42. The summed E-state index contributed by atoms with van der Waals surface area (Å²) in [5.41, 5.74) is 1.60. The first kappa shape index (κ1) is 14.5. The molecule has 0 aliphatic carbocycles. The first-order chi connectivity index (χ1) is 7.94. The summed E-state index contributed by atoms with van der Waals surface area (Å²) >= 11 is 3.35. The van der Waals surface area contributed by atoms with Crippen LogP contribution < -0.4 is 4.72 Å². The zero-order valence-corrected chi connectivity index (χ0v) is 12.0. The molecule has 0 atom stereocenters. The summed E-state index contributed by atoms with van der Waals surface area (Å²) < 4.78 is 26.7. The Labute approximate surface area is 110 Å². The number of sulfonamides is 1. The molecule has 1 aromatic rings. The number of halogens is 1. The van der Waals surface area contributed by atoms with Gasteiger partial charge in [-0.05, 0) is 37.5 Å². The molecule has 0 aromatic heterocycles. The molecule has 1 aromatic carbocycles. The molecule has 0 saturated heterocycles. The second-order valence-corrected chi connectivity index (χ2v) is 6.51. The van der Waals surface area contributed by atoms with Gasteiger partial charge >= 0.3 is 0 Å². The van der Waals surface area contributed by atoms with E-state index in [-0.39, 0.29) is 12.4 Å². The van der Waals surface area contributed by atoms with Crippen LogP contribution in [-0.2, 0) is 10.0 Å². The topological polar surface area (TPSA) is 66.4 Å². The number of hydrogen-bond acceptors (Lipinski definition) is 3. The molecule has 0 aliphatic rings. The van der Waals surface area contributed by atoms with Crippen molar-refractivity contribution in [3.8, 4) is 0 Å². The molecule has 96 valence electrons. The van der Waals surface area contributed by atoms with E-state index in [2.05, 4.69) is 20.7 Å². The monoisotopic (exact) mass is 321 g/mol. The molecule has 0 heterocycles. The predicted octanol–water partition coefficient (Wildman–Crippen LogP) is 2.27. The maximum atomic E-state index is 11.7. The van der Waals surface area contributed by atoms with Gasteiger partial charge in [0, 0.05) is 16.8 Å². The number of unbranched alkanes of at least 4 members (excludes halogenated alkanes) is 1. The maximum absolute atomic E-state index is 11.7. The van der Waals surface area contributed by atoms with E-state index in [4.69, 9.17) is 5.11 Å². The van der Waals surface area contributed by atoms with E-state index in [0.717, 1.165) is 10.0 Å². The minimum absolute atomic E-state index is 0.0194. The van der Waals surface area contributed by atoms with E-state index in [9.17, 15) is 8.42 Å². The lowest BCUT2D eigenvalue weighted by Gasteiger charge is -2.08. The molecule has 1 rings (SSSR count). The number of aryl methyl sites for hydroxylation is 1. The SMILES string of the molecule is Cc1ccc(NS(=O)(=O)CCCCO)cc1Br. The van der Waals surface area contributed by atoms with Gasteiger partial charge < -0.3 is 5.11 Å². The van der Waals surface area contributed by atoms with Crippen molar-refractivity contribution >= 4 is 31.6 Å². The Bertz CT molecular complexity index is 474. The molecule has 0 radical (unpaired) electrons. The van der Waals surface area contributed by atoms with Gasteiger partial charge in [-0.1, -0.05) is 22.0 Å². The Morgan fingerprint density at radius 1 is 1.35 bits per heavy atom. The lowest BCUT2D eigenvalue weighted by Crippen LogP contribution is -2.16. The van der Waals surface area contributed by atoms with Gasteiger partial charge in [-0.25, -0.2) is 8.42 Å². The fraction of sp³-hybridized carbons (Fsp3) is 0.455. The summed E-state index contributed by atoms with van der Waals surface area (Å²) in [6.45, 7) is 1.95. The Hall–Kier alpha value is -0.590. The summed E-state index contributed by atoms with van der Waals surface area (Å²) in [7, 11) is -3.32. The van der Waals surface area contributed by atoms with E-state index in [1.165, 1.54) is 0 Å². The number of rotatable bonds is 6. The minimum Gasteiger partial charge on any atom is -0.396 e. The Morgan fingerprint density at radius 2 is 2.06 bits per heavy atom. The number of hydrogen-bond donors (Lipinski definition) is 2. The molecule has 2 N–H and O–H groups in total. The highest BCUT2D eigenvalue weighted by Gasteiger charge is 2.10. The van der Waals surface area contributed by atoms with Gasteiger partial charge in [0.05, 0.1) is 5.75 Å². The van der Waals surface area contributed by atoms with Gasteiger partial charge in [-0.15, -0.1) is 0 Å². The fourth-order valence-corrected chi connectivity index (χ4v) is 2.84. The number of benzene rings is 1. The van der Waals surface area contributed by atoms with Crippen molar-refractivity contribution in [1.82, 2.24) is 0 Å². The van der Waals surface area contributed by atoms with Crippen molar-refractivity contribution in [3.05, 3.63) is 28.2 Å². The normalized spacial score (nSPS) is 11.5. The zero-order valence-electron chi connectivity index (χ0n) is 9.61. The summed E-state index contributed by atoms with van der Waals surface area (Å²) in [5.74, 6) is 0.0268. The van der Waals surface area contributed by atoms with Crippen LogP contribution in [0, 0.1) is 6.92 Å². The molecule has 0 amide bonds. The number of nitrogens with one attached hydrogen (secondary N) is 1. The predicted molar refractivity (Wildman–Crippen MR) is 72.6 cm³/mol. The van der Waals surface area contributed by atoms with Crippen molar-refractivity contribution in [2.75, 3.05) is 17.1 Å². The van der Waals surface area contributed by atoms with Crippen LogP contribution in [0.4, 0.5) is 5.69 Å². The smallest absolute Gasteiger partial charge is 0.232 e. The minimum atomic E-state index is -3.32. The highest BCUT2D eigenvalue weighted by Crippen LogP contribution is 2.21. The largest absolute Gasteiger partial charge is 0.396 e. The third-order valence-electron chi connectivity index (χ3n) is 2.27. The van der Waals surface area contributed by atoms with Crippen LogP contribution >= 0.6 is 15.9 Å². The molecule has 6 heteroatoms. The first-order valence-electron chi connectivity index (χ1n) is 5.32. The molecule has 0 aliphatic heterocycles. The Morgan fingerprint density at radius 3 is 2.65 bits per heavy atom. The summed E-state index contributed by atoms with van der Waals surface area (Å²) in [4.78, 5) is 0. The maximum Gasteiger partial charge on any atom is 0.232 e. The molecule has 4 nitrogen and oxygen atoms in total. The second kappa shape index (κ2) is 6.37. The van der Waals surface area contributed by atoms with Crippen molar-refractivity contribution in [3.63, 3.8) is 0 Å².